The summed E-state index contributed by atoms with van der Waals surface area (Å²) in [6.07, 6.45) is -4.73. The van der Waals surface area contributed by atoms with Gasteiger partial charge in [0.15, 0.2) is 11.5 Å². The van der Waals surface area contributed by atoms with Crippen molar-refractivity contribution >= 4 is 34.0 Å². The van der Waals surface area contributed by atoms with Crippen LogP contribution in [0.2, 0.25) is 0 Å². The van der Waals surface area contributed by atoms with E-state index in [1.54, 1.807) is 6.07 Å². The summed E-state index contributed by atoms with van der Waals surface area (Å²) < 4.78 is 39.4. The number of benzene rings is 1. The Labute approximate surface area is 154 Å². The quantitative estimate of drug-likeness (QED) is 0.468. The van der Waals surface area contributed by atoms with Crippen LogP contribution in [0.4, 0.5) is 13.2 Å². The lowest BCUT2D eigenvalue weighted by molar-refractivity contribution is -0.141. The summed E-state index contributed by atoms with van der Waals surface area (Å²) >= 11 is 1.91. The van der Waals surface area contributed by atoms with Crippen molar-refractivity contribution in [2.75, 3.05) is 0 Å². The van der Waals surface area contributed by atoms with Crippen molar-refractivity contribution in [3.8, 4) is 16.6 Å². The van der Waals surface area contributed by atoms with Gasteiger partial charge in [-0.25, -0.2) is 9.97 Å². The summed E-state index contributed by atoms with van der Waals surface area (Å²) in [6.45, 7) is 1.40. The molecule has 2 heterocycles. The van der Waals surface area contributed by atoms with Gasteiger partial charge in [0.05, 0.1) is 10.7 Å². The zero-order valence-corrected chi connectivity index (χ0v) is 14.8. The number of aromatic nitrogens is 2. The third-order valence-corrected chi connectivity index (χ3v) is 5.22. The minimum absolute atomic E-state index is 0.119. The fourth-order valence-corrected chi connectivity index (χ4v) is 3.93. The van der Waals surface area contributed by atoms with Crippen LogP contribution in [0.5, 0.6) is 0 Å². The zero-order chi connectivity index (χ0) is 18.9. The molecule has 0 aliphatic rings. The van der Waals surface area contributed by atoms with Gasteiger partial charge in [-0.1, -0.05) is 30.3 Å². The Bertz CT molecular complexity index is 1010. The minimum atomic E-state index is -4.73. The molecular formula is C17H10F3N3OS2. The molecule has 0 amide bonds. The van der Waals surface area contributed by atoms with Crippen LogP contribution in [-0.2, 0) is 6.18 Å². The van der Waals surface area contributed by atoms with Crippen LogP contribution in [0, 0.1) is 18.3 Å². The van der Waals surface area contributed by atoms with E-state index in [0.717, 1.165) is 5.56 Å². The Kier molecular flexibility index (Phi) is 4.80. The average molecular weight is 393 g/mol. The van der Waals surface area contributed by atoms with Crippen molar-refractivity contribution in [3.05, 3.63) is 57.0 Å². The molecule has 0 unspecified atom stereocenters. The zero-order valence-electron chi connectivity index (χ0n) is 13.2. The Morgan fingerprint density at radius 2 is 1.88 bits per heavy atom. The molecule has 3 rings (SSSR count). The van der Waals surface area contributed by atoms with Crippen LogP contribution in [-0.4, -0.2) is 15.1 Å². The van der Waals surface area contributed by atoms with Crippen molar-refractivity contribution < 1.29 is 18.3 Å². The standard InChI is InChI=1S/C17H10F3N3OS2/c1-9-22-15(17(18,19)20)14(26-9)13(24)11(7-21)12-8-25-16(23-12)10-5-3-2-4-6-10/h2-6,8,24H,1H3. The summed E-state index contributed by atoms with van der Waals surface area (Å²) in [4.78, 5) is 7.23. The van der Waals surface area contributed by atoms with Crippen molar-refractivity contribution in [2.45, 2.75) is 13.1 Å². The molecule has 0 saturated heterocycles. The van der Waals surface area contributed by atoms with Gasteiger partial charge in [-0.3, -0.25) is 0 Å². The van der Waals surface area contributed by atoms with E-state index in [9.17, 15) is 23.5 Å². The molecule has 0 saturated carbocycles. The van der Waals surface area contributed by atoms with E-state index in [1.165, 1.54) is 23.6 Å². The van der Waals surface area contributed by atoms with E-state index in [0.29, 0.717) is 16.3 Å². The fraction of sp³-hybridized carbons (Fsp3) is 0.118. The highest BCUT2D eigenvalue weighted by Gasteiger charge is 2.39. The number of thiazole rings is 2. The molecule has 26 heavy (non-hydrogen) atoms. The van der Waals surface area contributed by atoms with Crippen molar-refractivity contribution in [3.63, 3.8) is 0 Å². The van der Waals surface area contributed by atoms with E-state index in [4.69, 9.17) is 0 Å². The number of aliphatic hydroxyl groups excluding tert-OH is 1. The number of nitrogens with zero attached hydrogens (tertiary/aromatic N) is 3. The molecule has 0 aliphatic carbocycles. The van der Waals surface area contributed by atoms with Crippen LogP contribution in [0.3, 0.4) is 0 Å². The Morgan fingerprint density at radius 1 is 1.19 bits per heavy atom. The van der Waals surface area contributed by atoms with Crippen molar-refractivity contribution in [1.82, 2.24) is 9.97 Å². The molecule has 2 aromatic heterocycles. The third kappa shape index (κ3) is 3.47. The number of aryl methyl sites for hydroxylation is 1. The average Bonchev–Trinajstić information content (AvgIpc) is 3.23. The number of rotatable bonds is 3. The van der Waals surface area contributed by atoms with E-state index in [-0.39, 0.29) is 16.3 Å². The van der Waals surface area contributed by atoms with Gasteiger partial charge in [-0.05, 0) is 6.92 Å². The van der Waals surface area contributed by atoms with Gasteiger partial charge in [0, 0.05) is 10.9 Å². The van der Waals surface area contributed by atoms with Crippen LogP contribution in [0.1, 0.15) is 21.3 Å². The second-order valence-corrected chi connectivity index (χ2v) is 7.21. The topological polar surface area (TPSA) is 69.8 Å². The van der Waals surface area contributed by atoms with Crippen LogP contribution < -0.4 is 0 Å². The van der Waals surface area contributed by atoms with Gasteiger partial charge in [-0.15, -0.1) is 22.7 Å². The summed E-state index contributed by atoms with van der Waals surface area (Å²) in [5.41, 5.74) is -0.598. The smallest absolute Gasteiger partial charge is 0.434 e. The molecule has 9 heteroatoms. The highest BCUT2D eigenvalue weighted by Crippen LogP contribution is 2.39. The summed E-state index contributed by atoms with van der Waals surface area (Å²) in [5.74, 6) is -0.768. The number of allylic oxidation sites excluding steroid dienone is 1. The maximum absolute atomic E-state index is 13.1. The van der Waals surface area contributed by atoms with E-state index >= 15 is 0 Å². The number of nitriles is 1. The highest BCUT2D eigenvalue weighted by atomic mass is 32.1. The van der Waals surface area contributed by atoms with Gasteiger partial charge in [0.2, 0.25) is 0 Å². The summed E-state index contributed by atoms with van der Waals surface area (Å²) in [5, 5.41) is 22.0. The van der Waals surface area contributed by atoms with E-state index in [1.807, 2.05) is 30.3 Å². The maximum atomic E-state index is 13.1. The van der Waals surface area contributed by atoms with Crippen LogP contribution >= 0.6 is 22.7 Å². The minimum Gasteiger partial charge on any atom is -0.505 e. The highest BCUT2D eigenvalue weighted by molar-refractivity contribution is 7.13. The predicted molar refractivity (Wildman–Crippen MR) is 94.5 cm³/mol. The van der Waals surface area contributed by atoms with Crippen molar-refractivity contribution in [1.29, 1.82) is 5.26 Å². The third-order valence-electron chi connectivity index (χ3n) is 3.35. The molecule has 0 aliphatic heterocycles. The first-order valence-corrected chi connectivity index (χ1v) is 8.90. The first-order chi connectivity index (χ1) is 12.3. The monoisotopic (exact) mass is 393 g/mol. The van der Waals surface area contributed by atoms with Crippen LogP contribution in [0.15, 0.2) is 35.7 Å². The van der Waals surface area contributed by atoms with Gasteiger partial charge in [0.25, 0.3) is 0 Å². The SMILES string of the molecule is Cc1nc(C(F)(F)F)c(C(O)=C(C#N)c2csc(-c3ccccc3)n2)s1. The normalized spacial score (nSPS) is 12.6. The van der Waals surface area contributed by atoms with Gasteiger partial charge in [-0.2, -0.15) is 18.4 Å². The number of hydrogen-bond donors (Lipinski definition) is 1. The summed E-state index contributed by atoms with van der Waals surface area (Å²) in [6, 6.07) is 10.9. The molecule has 0 spiro atoms. The van der Waals surface area contributed by atoms with Gasteiger partial charge in [0.1, 0.15) is 21.5 Å². The van der Waals surface area contributed by atoms with Gasteiger partial charge < -0.3 is 5.11 Å². The molecule has 0 atom stereocenters. The first kappa shape index (κ1) is 18.1. The van der Waals surface area contributed by atoms with Crippen molar-refractivity contribution in [2.24, 2.45) is 0 Å². The number of hydrogen-bond acceptors (Lipinski definition) is 6. The molecule has 0 radical (unpaired) electrons. The molecular weight excluding hydrogens is 383 g/mol. The molecule has 0 fully saturated rings. The lowest BCUT2D eigenvalue weighted by Crippen LogP contribution is -2.08. The lowest BCUT2D eigenvalue weighted by Gasteiger charge is -2.06. The maximum Gasteiger partial charge on any atom is 0.434 e. The second-order valence-electron chi connectivity index (χ2n) is 5.15. The number of alkyl halides is 3. The molecule has 4 nitrogen and oxygen atoms in total. The molecule has 3 aromatic rings. The molecule has 1 aromatic carbocycles. The van der Waals surface area contributed by atoms with E-state index in [2.05, 4.69) is 9.97 Å². The first-order valence-electron chi connectivity index (χ1n) is 7.21. The number of aliphatic hydroxyl groups is 1. The predicted octanol–water partition coefficient (Wildman–Crippen LogP) is 5.54. The van der Waals surface area contributed by atoms with Gasteiger partial charge >= 0.3 is 6.18 Å². The van der Waals surface area contributed by atoms with Crippen LogP contribution in [0.25, 0.3) is 21.9 Å². The molecule has 1 N–H and O–H groups in total. The second kappa shape index (κ2) is 6.90. The molecule has 0 bridgehead atoms. The number of halogens is 3. The Hall–Kier alpha value is -2.70. The molecule has 132 valence electrons. The Morgan fingerprint density at radius 3 is 2.50 bits per heavy atom. The van der Waals surface area contributed by atoms with E-state index < -0.39 is 22.5 Å². The fourth-order valence-electron chi connectivity index (χ4n) is 2.23. The lowest BCUT2D eigenvalue weighted by atomic mass is 10.1. The Balaban J connectivity index is 2.10. The largest absolute Gasteiger partial charge is 0.505 e. The summed E-state index contributed by atoms with van der Waals surface area (Å²) in [7, 11) is 0.